The summed E-state index contributed by atoms with van der Waals surface area (Å²) in [5.74, 6) is -1.76. The Morgan fingerprint density at radius 1 is 0.800 bits per heavy atom. The first-order chi connectivity index (χ1) is 14.1. The topological polar surface area (TPSA) is 167 Å². The molecule has 0 saturated heterocycles. The van der Waals surface area contributed by atoms with E-state index in [-0.39, 0.29) is 10.5 Å². The second-order valence-corrected chi connectivity index (χ2v) is 8.23. The third kappa shape index (κ3) is 4.54. The van der Waals surface area contributed by atoms with Gasteiger partial charge in [0.2, 0.25) is 15.9 Å². The molecule has 0 aromatic heterocycles. The number of aliphatic carboxylic acids is 1. The number of carboxylic acid groups (broad SMARTS) is 1. The van der Waals surface area contributed by atoms with Crippen LogP contribution in [0.25, 0.3) is 22.3 Å². The largest absolute Gasteiger partial charge is 0.480 e. The number of nitrogens with two attached hydrogens (primary N) is 3. The molecule has 0 bridgehead atoms. The van der Waals surface area contributed by atoms with E-state index in [2.05, 4.69) is 0 Å². The summed E-state index contributed by atoms with van der Waals surface area (Å²) in [6.45, 7) is 0. The zero-order valence-corrected chi connectivity index (χ0v) is 16.5. The molecule has 3 aromatic carbocycles. The summed E-state index contributed by atoms with van der Waals surface area (Å²) in [5.41, 5.74) is 14.5. The summed E-state index contributed by atoms with van der Waals surface area (Å²) in [7, 11) is -3.82. The molecule has 0 saturated carbocycles. The molecule has 1 atom stereocenters. The summed E-state index contributed by atoms with van der Waals surface area (Å²) in [5, 5.41) is 14.2. The Balaban J connectivity index is 2.05. The van der Waals surface area contributed by atoms with E-state index in [0.29, 0.717) is 22.3 Å². The summed E-state index contributed by atoms with van der Waals surface area (Å²) in [6.07, 6.45) is 0. The van der Waals surface area contributed by atoms with Crippen LogP contribution in [0.1, 0.15) is 22.0 Å². The Bertz CT molecular complexity index is 1220. The highest BCUT2D eigenvalue weighted by molar-refractivity contribution is 7.89. The molecule has 8 nitrogen and oxygen atoms in total. The number of hydrogen-bond acceptors (Lipinski definition) is 5. The van der Waals surface area contributed by atoms with Crippen molar-refractivity contribution in [2.75, 3.05) is 0 Å². The van der Waals surface area contributed by atoms with Gasteiger partial charge in [-0.25, -0.2) is 13.6 Å². The average Bonchev–Trinajstić information content (AvgIpc) is 2.72. The lowest BCUT2D eigenvalue weighted by Crippen LogP contribution is -2.20. The third-order valence-electron chi connectivity index (χ3n) is 4.60. The monoisotopic (exact) mass is 425 g/mol. The Labute approximate surface area is 173 Å². The normalized spacial score (nSPS) is 12.3. The number of carboxylic acids is 1. The number of carbonyl (C=O) groups excluding carboxylic acids is 1. The summed E-state index contributed by atoms with van der Waals surface area (Å²) < 4.78 is 22.9. The molecule has 0 aliphatic rings. The number of primary amides is 1. The van der Waals surface area contributed by atoms with E-state index >= 15 is 0 Å². The van der Waals surface area contributed by atoms with Crippen molar-refractivity contribution in [1.82, 2.24) is 0 Å². The number of amides is 1. The number of carbonyl (C=O) groups is 2. The second kappa shape index (κ2) is 8.07. The number of primary sulfonamides is 1. The molecule has 0 fully saturated rings. The second-order valence-electron chi connectivity index (χ2n) is 6.67. The predicted molar refractivity (Wildman–Crippen MR) is 112 cm³/mol. The van der Waals surface area contributed by atoms with E-state index in [0.717, 1.165) is 5.56 Å². The van der Waals surface area contributed by atoms with Crippen molar-refractivity contribution in [1.29, 1.82) is 0 Å². The van der Waals surface area contributed by atoms with E-state index < -0.39 is 27.9 Å². The van der Waals surface area contributed by atoms with Crippen LogP contribution in [0.15, 0.2) is 71.6 Å². The minimum absolute atomic E-state index is 0.0251. The van der Waals surface area contributed by atoms with Crippen LogP contribution >= 0.6 is 0 Å². The van der Waals surface area contributed by atoms with Crippen LogP contribution in [0, 0.1) is 0 Å². The molecule has 0 heterocycles. The summed E-state index contributed by atoms with van der Waals surface area (Å²) >= 11 is 0. The third-order valence-corrected chi connectivity index (χ3v) is 5.53. The van der Waals surface area contributed by atoms with Gasteiger partial charge in [-0.2, -0.15) is 0 Å². The van der Waals surface area contributed by atoms with Crippen molar-refractivity contribution < 1.29 is 23.1 Å². The van der Waals surface area contributed by atoms with E-state index in [1.165, 1.54) is 12.1 Å². The molecule has 0 aliphatic heterocycles. The van der Waals surface area contributed by atoms with Gasteiger partial charge in [0.05, 0.1) is 4.90 Å². The van der Waals surface area contributed by atoms with Crippen LogP contribution in [0.4, 0.5) is 0 Å². The smallest absolute Gasteiger partial charge is 0.325 e. The van der Waals surface area contributed by atoms with Gasteiger partial charge in [0.15, 0.2) is 0 Å². The Kier molecular flexibility index (Phi) is 5.70. The summed E-state index contributed by atoms with van der Waals surface area (Å²) in [4.78, 5) is 22.8. The Hall–Kier alpha value is -3.53. The molecule has 3 rings (SSSR count). The van der Waals surface area contributed by atoms with E-state index in [4.69, 9.17) is 21.7 Å². The van der Waals surface area contributed by atoms with Gasteiger partial charge in [-0.15, -0.1) is 0 Å². The highest BCUT2D eigenvalue weighted by atomic mass is 32.2. The van der Waals surface area contributed by atoms with Gasteiger partial charge >= 0.3 is 5.97 Å². The lowest BCUT2D eigenvalue weighted by atomic mass is 9.95. The molecule has 1 unspecified atom stereocenters. The molecule has 0 spiro atoms. The fourth-order valence-corrected chi connectivity index (χ4v) is 3.48. The first-order valence-corrected chi connectivity index (χ1v) is 10.3. The number of rotatable bonds is 6. The maximum atomic E-state index is 11.8. The Morgan fingerprint density at radius 3 is 1.67 bits per heavy atom. The zero-order chi connectivity index (χ0) is 22.1. The fraction of sp³-hybridized carbons (Fsp3) is 0.0476. The molecular weight excluding hydrogens is 406 g/mol. The SMILES string of the molecule is NC(=O)c1cc(-c2ccc(C(N)C(=O)O)cc2)cc(-c2ccc(S(N)(=O)=O)cc2)c1. The minimum Gasteiger partial charge on any atom is -0.480 e. The van der Waals surface area contributed by atoms with Crippen molar-refractivity contribution in [2.24, 2.45) is 16.6 Å². The standard InChI is InChI=1S/C21H19N3O5S/c22-19(21(26)27)14-3-1-12(2-4-14)15-9-16(11-17(10-15)20(23)25)13-5-7-18(8-6-13)30(24,28)29/h1-11,19H,22H2,(H2,23,25)(H,26,27)(H2,24,28,29). The van der Waals surface area contributed by atoms with Gasteiger partial charge in [-0.1, -0.05) is 36.4 Å². The number of sulfonamides is 1. The van der Waals surface area contributed by atoms with Crippen LogP contribution in [-0.2, 0) is 14.8 Å². The van der Waals surface area contributed by atoms with Crippen molar-refractivity contribution >= 4 is 21.9 Å². The lowest BCUT2D eigenvalue weighted by molar-refractivity contribution is -0.138. The van der Waals surface area contributed by atoms with Gasteiger partial charge in [-0.3, -0.25) is 9.59 Å². The van der Waals surface area contributed by atoms with Crippen molar-refractivity contribution in [2.45, 2.75) is 10.9 Å². The van der Waals surface area contributed by atoms with Gasteiger partial charge < -0.3 is 16.6 Å². The fourth-order valence-electron chi connectivity index (χ4n) is 2.97. The maximum Gasteiger partial charge on any atom is 0.325 e. The molecule has 30 heavy (non-hydrogen) atoms. The minimum atomic E-state index is -3.82. The van der Waals surface area contributed by atoms with Crippen LogP contribution in [0.3, 0.4) is 0 Å². The highest BCUT2D eigenvalue weighted by Crippen LogP contribution is 2.29. The van der Waals surface area contributed by atoms with Crippen LogP contribution < -0.4 is 16.6 Å². The van der Waals surface area contributed by atoms with Crippen LogP contribution in [-0.4, -0.2) is 25.4 Å². The highest BCUT2D eigenvalue weighted by Gasteiger charge is 2.15. The molecule has 7 N–H and O–H groups in total. The van der Waals surface area contributed by atoms with Crippen molar-refractivity contribution in [3.05, 3.63) is 77.9 Å². The first kappa shape index (κ1) is 21.2. The molecule has 0 radical (unpaired) electrons. The number of hydrogen-bond donors (Lipinski definition) is 4. The van der Waals surface area contributed by atoms with Gasteiger partial charge in [0, 0.05) is 5.56 Å². The Morgan fingerprint density at radius 2 is 1.27 bits per heavy atom. The quantitative estimate of drug-likeness (QED) is 0.470. The first-order valence-electron chi connectivity index (χ1n) is 8.73. The predicted octanol–water partition coefficient (Wildman–Crippen LogP) is 1.85. The van der Waals surface area contributed by atoms with Crippen LogP contribution in [0.2, 0.25) is 0 Å². The average molecular weight is 425 g/mol. The van der Waals surface area contributed by atoms with Crippen molar-refractivity contribution in [3.8, 4) is 22.3 Å². The van der Waals surface area contributed by atoms with E-state index in [1.54, 1.807) is 48.5 Å². The number of benzene rings is 3. The van der Waals surface area contributed by atoms with Gasteiger partial charge in [0.25, 0.3) is 0 Å². The molecule has 0 aliphatic carbocycles. The van der Waals surface area contributed by atoms with Gasteiger partial charge in [-0.05, 0) is 58.1 Å². The molecular formula is C21H19N3O5S. The van der Waals surface area contributed by atoms with Gasteiger partial charge in [0.1, 0.15) is 6.04 Å². The van der Waals surface area contributed by atoms with E-state index in [1.807, 2.05) is 6.07 Å². The molecule has 9 heteroatoms. The lowest BCUT2D eigenvalue weighted by Gasteiger charge is -2.11. The van der Waals surface area contributed by atoms with Crippen molar-refractivity contribution in [3.63, 3.8) is 0 Å². The molecule has 154 valence electrons. The maximum absolute atomic E-state index is 11.8. The zero-order valence-electron chi connectivity index (χ0n) is 15.6. The molecule has 3 aromatic rings. The molecule has 1 amide bonds. The summed E-state index contributed by atoms with van der Waals surface area (Å²) in [6, 6.07) is 16.4. The van der Waals surface area contributed by atoms with E-state index in [9.17, 15) is 18.0 Å². The van der Waals surface area contributed by atoms with Crippen LogP contribution in [0.5, 0.6) is 0 Å².